The lowest BCUT2D eigenvalue weighted by molar-refractivity contribution is -0.385. The Balaban J connectivity index is 3.49. The van der Waals surface area contributed by atoms with E-state index in [1.54, 1.807) is 0 Å². The maximum atomic E-state index is 10.7. The second-order valence-electron chi connectivity index (χ2n) is 2.67. The van der Waals surface area contributed by atoms with Crippen LogP contribution in [0.2, 0.25) is 5.02 Å². The first-order valence-corrected chi connectivity index (χ1v) is 5.23. The van der Waals surface area contributed by atoms with Crippen LogP contribution < -0.4 is 0 Å². The summed E-state index contributed by atoms with van der Waals surface area (Å²) >= 11 is 8.75. The number of aromatic carboxylic acids is 1. The molecule has 0 saturated heterocycles. The Morgan fingerprint density at radius 2 is 2.20 bits per heavy atom. The summed E-state index contributed by atoms with van der Waals surface area (Å²) in [7, 11) is 0. The summed E-state index contributed by atoms with van der Waals surface area (Å²) in [4.78, 5) is 20.6. The molecule has 0 atom stereocenters. The molecule has 1 aromatic carbocycles. The van der Waals surface area contributed by atoms with E-state index in [0.29, 0.717) is 10.9 Å². The normalized spacial score (nSPS) is 10.0. The fraction of sp³-hybridized carbons (Fsp3) is 0.125. The Kier molecular flexibility index (Phi) is 3.65. The van der Waals surface area contributed by atoms with Gasteiger partial charge >= 0.3 is 5.97 Å². The van der Waals surface area contributed by atoms with Gasteiger partial charge in [-0.1, -0.05) is 27.5 Å². The van der Waals surface area contributed by atoms with Crippen LogP contribution in [0.15, 0.2) is 12.1 Å². The minimum atomic E-state index is -1.41. The Morgan fingerprint density at radius 1 is 1.60 bits per heavy atom. The zero-order valence-corrected chi connectivity index (χ0v) is 9.58. The lowest BCUT2D eigenvalue weighted by Crippen LogP contribution is -2.04. The Labute approximate surface area is 97.9 Å². The van der Waals surface area contributed by atoms with Gasteiger partial charge in [0.15, 0.2) is 5.56 Å². The average molecular weight is 294 g/mol. The predicted molar refractivity (Wildman–Crippen MR) is 57.7 cm³/mol. The van der Waals surface area contributed by atoms with E-state index in [1.165, 1.54) is 12.1 Å². The van der Waals surface area contributed by atoms with E-state index < -0.39 is 22.1 Å². The van der Waals surface area contributed by atoms with Gasteiger partial charge in [-0.2, -0.15) is 0 Å². The van der Waals surface area contributed by atoms with Gasteiger partial charge in [0.1, 0.15) is 0 Å². The van der Waals surface area contributed by atoms with Crippen molar-refractivity contribution in [3.63, 3.8) is 0 Å². The first-order chi connectivity index (χ1) is 6.97. The van der Waals surface area contributed by atoms with Crippen molar-refractivity contribution in [2.75, 3.05) is 0 Å². The lowest BCUT2D eigenvalue weighted by atomic mass is 10.1. The number of rotatable bonds is 3. The van der Waals surface area contributed by atoms with Gasteiger partial charge in [0.25, 0.3) is 5.69 Å². The fourth-order valence-corrected chi connectivity index (χ4v) is 1.72. The summed E-state index contributed by atoms with van der Waals surface area (Å²) in [5.41, 5.74) is -0.424. The maximum absolute atomic E-state index is 10.7. The van der Waals surface area contributed by atoms with Crippen LogP contribution in [-0.4, -0.2) is 16.0 Å². The maximum Gasteiger partial charge on any atom is 0.344 e. The number of carboxylic acids is 1. The monoisotopic (exact) mass is 293 g/mol. The van der Waals surface area contributed by atoms with Crippen LogP contribution in [0.1, 0.15) is 15.9 Å². The number of halogens is 2. The van der Waals surface area contributed by atoms with Crippen molar-refractivity contribution in [1.29, 1.82) is 0 Å². The molecule has 5 nitrogen and oxygen atoms in total. The molecule has 0 aliphatic rings. The fourth-order valence-electron chi connectivity index (χ4n) is 1.08. The highest BCUT2D eigenvalue weighted by Gasteiger charge is 2.24. The van der Waals surface area contributed by atoms with Crippen LogP contribution in [0, 0.1) is 10.1 Å². The minimum absolute atomic E-state index is 0.133. The van der Waals surface area contributed by atoms with E-state index in [-0.39, 0.29) is 5.02 Å². The number of carboxylic acid groups (broad SMARTS) is 1. The van der Waals surface area contributed by atoms with E-state index in [4.69, 9.17) is 16.7 Å². The van der Waals surface area contributed by atoms with Gasteiger partial charge in [-0.25, -0.2) is 4.79 Å². The van der Waals surface area contributed by atoms with Crippen molar-refractivity contribution in [3.8, 4) is 0 Å². The quantitative estimate of drug-likeness (QED) is 0.528. The van der Waals surface area contributed by atoms with Crippen LogP contribution in [0.3, 0.4) is 0 Å². The molecule has 0 aliphatic carbocycles. The van der Waals surface area contributed by atoms with Gasteiger partial charge in [-0.15, -0.1) is 0 Å². The molecule has 1 rings (SSSR count). The van der Waals surface area contributed by atoms with Gasteiger partial charge < -0.3 is 5.11 Å². The molecule has 0 aliphatic heterocycles. The average Bonchev–Trinajstić information content (AvgIpc) is 2.15. The molecule has 15 heavy (non-hydrogen) atoms. The van der Waals surface area contributed by atoms with E-state index in [1.807, 2.05) is 0 Å². The first kappa shape index (κ1) is 11.9. The first-order valence-electron chi connectivity index (χ1n) is 3.73. The molecule has 1 aromatic rings. The zero-order chi connectivity index (χ0) is 11.6. The largest absolute Gasteiger partial charge is 0.477 e. The van der Waals surface area contributed by atoms with Gasteiger partial charge in [-0.3, -0.25) is 10.1 Å². The van der Waals surface area contributed by atoms with Crippen molar-refractivity contribution in [2.45, 2.75) is 5.33 Å². The summed E-state index contributed by atoms with van der Waals surface area (Å²) in [6, 6.07) is 2.57. The summed E-state index contributed by atoms with van der Waals surface area (Å²) in [5, 5.41) is 19.6. The topological polar surface area (TPSA) is 80.4 Å². The van der Waals surface area contributed by atoms with E-state index in [0.717, 1.165) is 0 Å². The lowest BCUT2D eigenvalue weighted by Gasteiger charge is -2.03. The number of nitro benzene ring substituents is 1. The molecule has 7 heteroatoms. The summed E-state index contributed by atoms with van der Waals surface area (Å²) in [5.74, 6) is -1.41. The molecule has 0 unspecified atom stereocenters. The van der Waals surface area contributed by atoms with Crippen LogP contribution in [0.25, 0.3) is 0 Å². The van der Waals surface area contributed by atoms with E-state index >= 15 is 0 Å². The summed E-state index contributed by atoms with van der Waals surface area (Å²) < 4.78 is 0. The van der Waals surface area contributed by atoms with Gasteiger partial charge in [0, 0.05) is 11.4 Å². The molecule has 0 radical (unpaired) electrons. The molecular formula is C8H5BrClNO4. The molecule has 80 valence electrons. The third-order valence-corrected chi connectivity index (χ3v) is 2.64. The number of nitro groups is 1. The van der Waals surface area contributed by atoms with Crippen LogP contribution in [-0.2, 0) is 5.33 Å². The highest BCUT2D eigenvalue weighted by atomic mass is 79.9. The van der Waals surface area contributed by atoms with Crippen molar-refractivity contribution >= 4 is 39.2 Å². The molecule has 0 bridgehead atoms. The van der Waals surface area contributed by atoms with Crippen molar-refractivity contribution in [1.82, 2.24) is 0 Å². The summed E-state index contributed by atoms with van der Waals surface area (Å²) in [6.07, 6.45) is 0. The Morgan fingerprint density at radius 3 is 2.60 bits per heavy atom. The number of alkyl halides is 1. The standard InChI is InChI=1S/C8H5BrClNO4/c9-3-4-1-5(10)7(8(12)13)6(2-4)11(14)15/h1-2H,3H2,(H,12,13). The smallest absolute Gasteiger partial charge is 0.344 e. The van der Waals surface area contributed by atoms with E-state index in [2.05, 4.69) is 15.9 Å². The number of benzene rings is 1. The number of hydrogen-bond donors (Lipinski definition) is 1. The second kappa shape index (κ2) is 4.59. The second-order valence-corrected chi connectivity index (χ2v) is 3.64. The number of nitrogens with zero attached hydrogens (tertiary/aromatic N) is 1. The highest BCUT2D eigenvalue weighted by Crippen LogP contribution is 2.29. The van der Waals surface area contributed by atoms with Crippen molar-refractivity contribution in [2.24, 2.45) is 0 Å². The van der Waals surface area contributed by atoms with Crippen molar-refractivity contribution < 1.29 is 14.8 Å². The third-order valence-electron chi connectivity index (χ3n) is 1.69. The number of carbonyl (C=O) groups is 1. The summed E-state index contributed by atoms with van der Waals surface area (Å²) in [6.45, 7) is 0. The molecule has 0 aromatic heterocycles. The third kappa shape index (κ3) is 2.45. The number of hydrogen-bond acceptors (Lipinski definition) is 3. The minimum Gasteiger partial charge on any atom is -0.477 e. The van der Waals surface area contributed by atoms with Gasteiger partial charge in [0.05, 0.1) is 9.95 Å². The molecule has 0 fully saturated rings. The Bertz CT molecular complexity index is 435. The van der Waals surface area contributed by atoms with Crippen LogP contribution in [0.4, 0.5) is 5.69 Å². The van der Waals surface area contributed by atoms with Crippen LogP contribution >= 0.6 is 27.5 Å². The highest BCUT2D eigenvalue weighted by molar-refractivity contribution is 9.08. The molecular weight excluding hydrogens is 289 g/mol. The Hall–Kier alpha value is -1.14. The van der Waals surface area contributed by atoms with Crippen LogP contribution in [0.5, 0.6) is 0 Å². The van der Waals surface area contributed by atoms with Gasteiger partial charge in [-0.05, 0) is 11.6 Å². The van der Waals surface area contributed by atoms with E-state index in [9.17, 15) is 14.9 Å². The SMILES string of the molecule is O=C(O)c1c(Cl)cc(CBr)cc1[N+](=O)[O-]. The zero-order valence-electron chi connectivity index (χ0n) is 7.24. The molecule has 1 N–H and O–H groups in total. The molecule has 0 amide bonds. The molecule has 0 spiro atoms. The van der Waals surface area contributed by atoms with Gasteiger partial charge in [0.2, 0.25) is 0 Å². The molecule has 0 saturated carbocycles. The molecule has 0 heterocycles. The van der Waals surface area contributed by atoms with Crippen molar-refractivity contribution in [3.05, 3.63) is 38.4 Å². The predicted octanol–water partition coefficient (Wildman–Crippen LogP) is 2.84.